The van der Waals surface area contributed by atoms with Crippen LogP contribution in [0, 0.1) is 5.82 Å². The van der Waals surface area contributed by atoms with Crippen molar-refractivity contribution in [3.05, 3.63) is 36.4 Å². The summed E-state index contributed by atoms with van der Waals surface area (Å²) in [5.41, 5.74) is 6.56. The van der Waals surface area contributed by atoms with Crippen molar-refractivity contribution in [3.8, 4) is 16.9 Å². The lowest BCUT2D eigenvalue weighted by Crippen LogP contribution is -2.24. The van der Waals surface area contributed by atoms with Gasteiger partial charge in [0.05, 0.1) is 13.3 Å². The van der Waals surface area contributed by atoms with Gasteiger partial charge >= 0.3 is 0 Å². The summed E-state index contributed by atoms with van der Waals surface area (Å²) in [6, 6.07) is 4.07. The quantitative estimate of drug-likeness (QED) is 0.913. The van der Waals surface area contributed by atoms with Gasteiger partial charge in [0.25, 0.3) is 0 Å². The first kappa shape index (κ1) is 13.1. The number of carbonyl (C=O) groups is 1. The van der Waals surface area contributed by atoms with Crippen LogP contribution < -0.4 is 10.5 Å². The van der Waals surface area contributed by atoms with E-state index in [1.807, 2.05) is 0 Å². The number of rotatable bonds is 4. The van der Waals surface area contributed by atoms with E-state index in [4.69, 9.17) is 10.5 Å². The van der Waals surface area contributed by atoms with Gasteiger partial charge in [0.2, 0.25) is 5.91 Å². The van der Waals surface area contributed by atoms with Crippen LogP contribution in [-0.2, 0) is 4.79 Å². The Morgan fingerprint density at radius 2 is 2.21 bits per heavy atom. The number of halogens is 1. The molecule has 2 rings (SSSR count). The maximum Gasteiger partial charge on any atom is 0.241 e. The molecule has 19 heavy (non-hydrogen) atoms. The maximum absolute atomic E-state index is 13.6. The number of nitrogens with zero attached hydrogens (tertiary/aromatic N) is 2. The SMILES string of the molecule is COc1ccc(-c2cnn([C@H](C)C(N)=O)c2)cc1F. The maximum atomic E-state index is 13.6. The lowest BCUT2D eigenvalue weighted by atomic mass is 10.1. The lowest BCUT2D eigenvalue weighted by Gasteiger charge is -2.06. The largest absolute Gasteiger partial charge is 0.494 e. The number of amides is 1. The van der Waals surface area contributed by atoms with Gasteiger partial charge < -0.3 is 10.5 Å². The van der Waals surface area contributed by atoms with Crippen molar-refractivity contribution >= 4 is 5.91 Å². The van der Waals surface area contributed by atoms with E-state index in [1.165, 1.54) is 17.9 Å². The summed E-state index contributed by atoms with van der Waals surface area (Å²) >= 11 is 0. The van der Waals surface area contributed by atoms with Crippen molar-refractivity contribution in [2.24, 2.45) is 5.73 Å². The average Bonchev–Trinajstić information content (AvgIpc) is 2.87. The molecule has 1 heterocycles. The topological polar surface area (TPSA) is 70.1 Å². The number of hydrogen-bond donors (Lipinski definition) is 1. The molecular formula is C13H14FN3O2. The predicted octanol–water partition coefficient (Wildman–Crippen LogP) is 1.74. The minimum Gasteiger partial charge on any atom is -0.494 e. The summed E-state index contributed by atoms with van der Waals surface area (Å²) in [5, 5.41) is 4.05. The molecule has 0 saturated carbocycles. The molecule has 1 amide bonds. The Kier molecular flexibility index (Phi) is 3.50. The van der Waals surface area contributed by atoms with E-state index in [2.05, 4.69) is 5.10 Å². The second-order valence-electron chi connectivity index (χ2n) is 4.14. The molecule has 6 heteroatoms. The van der Waals surface area contributed by atoms with E-state index in [9.17, 15) is 9.18 Å². The third kappa shape index (κ3) is 2.57. The Morgan fingerprint density at radius 3 is 2.79 bits per heavy atom. The van der Waals surface area contributed by atoms with Crippen molar-refractivity contribution in [1.29, 1.82) is 0 Å². The standard InChI is InChI=1S/C13H14FN3O2/c1-8(13(15)18)17-7-10(6-16-17)9-3-4-12(19-2)11(14)5-9/h3-8H,1-2H3,(H2,15,18)/t8-/m1/s1. The van der Waals surface area contributed by atoms with Crippen LogP contribution in [0.3, 0.4) is 0 Å². The van der Waals surface area contributed by atoms with E-state index >= 15 is 0 Å². The Balaban J connectivity index is 2.33. The molecule has 1 atom stereocenters. The second kappa shape index (κ2) is 5.09. The molecule has 0 spiro atoms. The first-order valence-electron chi connectivity index (χ1n) is 5.70. The van der Waals surface area contributed by atoms with E-state index in [-0.39, 0.29) is 5.75 Å². The zero-order valence-corrected chi connectivity index (χ0v) is 10.6. The molecular weight excluding hydrogens is 249 g/mol. The van der Waals surface area contributed by atoms with Crippen LogP contribution in [-0.4, -0.2) is 22.8 Å². The minimum atomic E-state index is -0.545. The lowest BCUT2D eigenvalue weighted by molar-refractivity contribution is -0.120. The van der Waals surface area contributed by atoms with Gasteiger partial charge in [-0.2, -0.15) is 5.10 Å². The Labute approximate surface area is 109 Å². The molecule has 0 aliphatic rings. The van der Waals surface area contributed by atoms with Gasteiger partial charge in [-0.25, -0.2) is 4.39 Å². The highest BCUT2D eigenvalue weighted by Crippen LogP contribution is 2.25. The summed E-state index contributed by atoms with van der Waals surface area (Å²) < 4.78 is 19.9. The van der Waals surface area contributed by atoms with Gasteiger partial charge in [0, 0.05) is 11.8 Å². The van der Waals surface area contributed by atoms with Gasteiger partial charge in [-0.15, -0.1) is 0 Å². The zero-order valence-electron chi connectivity index (χ0n) is 10.6. The van der Waals surface area contributed by atoms with E-state index in [0.29, 0.717) is 11.1 Å². The van der Waals surface area contributed by atoms with Crippen LogP contribution in [0.1, 0.15) is 13.0 Å². The smallest absolute Gasteiger partial charge is 0.241 e. The molecule has 0 fully saturated rings. The van der Waals surface area contributed by atoms with E-state index < -0.39 is 17.8 Å². The molecule has 0 saturated heterocycles. The molecule has 0 aliphatic carbocycles. The van der Waals surface area contributed by atoms with Gasteiger partial charge in [-0.3, -0.25) is 9.48 Å². The number of aromatic nitrogens is 2. The molecule has 1 aromatic carbocycles. The fourth-order valence-corrected chi connectivity index (χ4v) is 1.68. The Bertz CT molecular complexity index is 610. The molecule has 0 radical (unpaired) electrons. The highest BCUT2D eigenvalue weighted by Gasteiger charge is 2.13. The fourth-order valence-electron chi connectivity index (χ4n) is 1.68. The minimum absolute atomic E-state index is 0.182. The number of carbonyl (C=O) groups excluding carboxylic acids is 1. The molecule has 2 N–H and O–H groups in total. The first-order valence-corrected chi connectivity index (χ1v) is 5.70. The van der Waals surface area contributed by atoms with Crippen LogP contribution in [0.15, 0.2) is 30.6 Å². The monoisotopic (exact) mass is 263 g/mol. The molecule has 100 valence electrons. The summed E-state index contributed by atoms with van der Waals surface area (Å²) in [4.78, 5) is 11.1. The molecule has 5 nitrogen and oxygen atoms in total. The van der Waals surface area contributed by atoms with Gasteiger partial charge in [-0.1, -0.05) is 6.07 Å². The molecule has 0 unspecified atom stereocenters. The average molecular weight is 263 g/mol. The number of ether oxygens (including phenoxy) is 1. The van der Waals surface area contributed by atoms with Crippen molar-refractivity contribution in [3.63, 3.8) is 0 Å². The Hall–Kier alpha value is -2.37. The molecule has 0 bridgehead atoms. The van der Waals surface area contributed by atoms with Crippen LogP contribution in [0.4, 0.5) is 4.39 Å². The summed E-state index contributed by atoms with van der Waals surface area (Å²) in [6.07, 6.45) is 3.21. The highest BCUT2D eigenvalue weighted by atomic mass is 19.1. The predicted molar refractivity (Wildman–Crippen MR) is 68.1 cm³/mol. The number of benzene rings is 1. The number of hydrogen-bond acceptors (Lipinski definition) is 3. The number of nitrogens with two attached hydrogens (primary N) is 1. The fraction of sp³-hybridized carbons (Fsp3) is 0.231. The van der Waals surface area contributed by atoms with Crippen LogP contribution in [0.5, 0.6) is 5.75 Å². The van der Waals surface area contributed by atoms with Crippen molar-refractivity contribution in [2.45, 2.75) is 13.0 Å². The summed E-state index contributed by atoms with van der Waals surface area (Å²) in [5.74, 6) is -0.743. The third-order valence-corrected chi connectivity index (χ3v) is 2.90. The number of primary amides is 1. The van der Waals surface area contributed by atoms with Crippen LogP contribution in [0.2, 0.25) is 0 Å². The van der Waals surface area contributed by atoms with E-state index in [0.717, 1.165) is 0 Å². The summed E-state index contributed by atoms with van der Waals surface area (Å²) in [7, 11) is 1.41. The molecule has 0 aliphatic heterocycles. The summed E-state index contributed by atoms with van der Waals surface area (Å²) in [6.45, 7) is 1.65. The second-order valence-corrected chi connectivity index (χ2v) is 4.14. The van der Waals surface area contributed by atoms with E-state index in [1.54, 1.807) is 31.5 Å². The van der Waals surface area contributed by atoms with Crippen LogP contribution in [0.25, 0.3) is 11.1 Å². The van der Waals surface area contributed by atoms with Crippen molar-refractivity contribution in [2.75, 3.05) is 7.11 Å². The highest BCUT2D eigenvalue weighted by molar-refractivity contribution is 5.78. The zero-order chi connectivity index (χ0) is 14.0. The molecule has 1 aromatic heterocycles. The van der Waals surface area contributed by atoms with Gasteiger partial charge in [0.1, 0.15) is 6.04 Å². The normalized spacial score (nSPS) is 12.2. The van der Waals surface area contributed by atoms with Gasteiger partial charge in [-0.05, 0) is 24.6 Å². The molecule has 2 aromatic rings. The van der Waals surface area contributed by atoms with Crippen molar-refractivity contribution < 1.29 is 13.9 Å². The third-order valence-electron chi connectivity index (χ3n) is 2.90. The number of methoxy groups -OCH3 is 1. The first-order chi connectivity index (χ1) is 9.02. The van der Waals surface area contributed by atoms with Gasteiger partial charge in [0.15, 0.2) is 11.6 Å². The van der Waals surface area contributed by atoms with Crippen molar-refractivity contribution in [1.82, 2.24) is 9.78 Å². The Morgan fingerprint density at radius 1 is 1.47 bits per heavy atom. The van der Waals surface area contributed by atoms with Crippen LogP contribution >= 0.6 is 0 Å².